The Hall–Kier alpha value is -1.41. The minimum Gasteiger partial charge on any atom is -0.337 e. The molecule has 0 saturated carbocycles. The monoisotopic (exact) mass is 430 g/mol. The van der Waals surface area contributed by atoms with E-state index in [4.69, 9.17) is 11.6 Å². The number of hydrogen-bond donors (Lipinski definition) is 1. The van der Waals surface area contributed by atoms with Crippen molar-refractivity contribution in [2.24, 2.45) is 0 Å². The number of sulfonamides is 1. The summed E-state index contributed by atoms with van der Waals surface area (Å²) < 4.78 is 27.0. The van der Waals surface area contributed by atoms with E-state index in [1.54, 1.807) is 7.05 Å². The van der Waals surface area contributed by atoms with Gasteiger partial charge >= 0.3 is 0 Å². The summed E-state index contributed by atoms with van der Waals surface area (Å²) in [5, 5.41) is 0.206. The zero-order valence-corrected chi connectivity index (χ0v) is 16.2. The predicted molar refractivity (Wildman–Crippen MR) is 97.6 cm³/mol. The van der Waals surface area contributed by atoms with Crippen LogP contribution in [0.15, 0.2) is 51.8 Å². The Morgan fingerprint density at radius 3 is 2.42 bits per heavy atom. The average molecular weight is 432 g/mol. The molecule has 0 unspecified atom stereocenters. The van der Waals surface area contributed by atoms with E-state index in [-0.39, 0.29) is 21.4 Å². The molecule has 0 fully saturated rings. The van der Waals surface area contributed by atoms with E-state index in [9.17, 15) is 13.2 Å². The highest BCUT2D eigenvalue weighted by Gasteiger charge is 2.20. The molecule has 2 aromatic carbocycles. The number of rotatable bonds is 5. The molecule has 8 heteroatoms. The fraction of sp³-hybridized carbons (Fsp3) is 0.188. The highest BCUT2D eigenvalue weighted by atomic mass is 79.9. The maximum atomic E-state index is 12.6. The SMILES string of the molecule is CNS(=O)(=O)c1ccc(Cl)c(C(=O)N(C)Cc2ccc(Br)cc2)c1. The summed E-state index contributed by atoms with van der Waals surface area (Å²) >= 11 is 9.44. The summed E-state index contributed by atoms with van der Waals surface area (Å²) in [5.41, 5.74) is 1.09. The van der Waals surface area contributed by atoms with Gasteiger partial charge in [-0.2, -0.15) is 0 Å². The van der Waals surface area contributed by atoms with Crippen LogP contribution in [0.3, 0.4) is 0 Å². The van der Waals surface area contributed by atoms with Crippen LogP contribution in [0.4, 0.5) is 0 Å². The molecule has 128 valence electrons. The lowest BCUT2D eigenvalue weighted by atomic mass is 10.1. The van der Waals surface area contributed by atoms with Gasteiger partial charge in [0.15, 0.2) is 0 Å². The van der Waals surface area contributed by atoms with Gasteiger partial charge in [0.2, 0.25) is 10.0 Å². The highest BCUT2D eigenvalue weighted by molar-refractivity contribution is 9.10. The molecule has 0 radical (unpaired) electrons. The molecule has 0 aromatic heterocycles. The van der Waals surface area contributed by atoms with Crippen LogP contribution < -0.4 is 4.72 Å². The molecule has 1 N–H and O–H groups in total. The van der Waals surface area contributed by atoms with Gasteiger partial charge in [-0.25, -0.2) is 13.1 Å². The van der Waals surface area contributed by atoms with Crippen LogP contribution in [0.1, 0.15) is 15.9 Å². The molecule has 5 nitrogen and oxygen atoms in total. The summed E-state index contributed by atoms with van der Waals surface area (Å²) in [4.78, 5) is 14.1. The van der Waals surface area contributed by atoms with Crippen LogP contribution in [0.25, 0.3) is 0 Å². The summed E-state index contributed by atoms with van der Waals surface area (Å²) in [6.45, 7) is 0.380. The molecule has 0 bridgehead atoms. The van der Waals surface area contributed by atoms with E-state index in [0.29, 0.717) is 6.54 Å². The third kappa shape index (κ3) is 4.36. The van der Waals surface area contributed by atoms with Crippen molar-refractivity contribution in [1.82, 2.24) is 9.62 Å². The van der Waals surface area contributed by atoms with Crippen molar-refractivity contribution in [2.45, 2.75) is 11.4 Å². The lowest BCUT2D eigenvalue weighted by Crippen LogP contribution is -2.27. The largest absolute Gasteiger partial charge is 0.337 e. The Bertz CT molecular complexity index is 854. The first-order chi connectivity index (χ1) is 11.2. The van der Waals surface area contributed by atoms with Crippen molar-refractivity contribution < 1.29 is 13.2 Å². The van der Waals surface area contributed by atoms with Crippen LogP contribution in [0, 0.1) is 0 Å². The molecule has 0 heterocycles. The fourth-order valence-corrected chi connectivity index (χ4v) is 3.31. The highest BCUT2D eigenvalue weighted by Crippen LogP contribution is 2.22. The van der Waals surface area contributed by atoms with E-state index in [1.807, 2.05) is 24.3 Å². The number of nitrogens with zero attached hydrogens (tertiary/aromatic N) is 1. The van der Waals surface area contributed by atoms with Crippen molar-refractivity contribution >= 4 is 43.5 Å². The number of carbonyl (C=O) groups excluding carboxylic acids is 1. The van der Waals surface area contributed by atoms with E-state index in [2.05, 4.69) is 20.7 Å². The Morgan fingerprint density at radius 2 is 1.83 bits per heavy atom. The normalized spacial score (nSPS) is 11.3. The van der Waals surface area contributed by atoms with E-state index in [0.717, 1.165) is 10.0 Å². The Balaban J connectivity index is 2.28. The first-order valence-electron chi connectivity index (χ1n) is 6.97. The minimum absolute atomic E-state index is 0.00482. The zero-order chi connectivity index (χ0) is 17.9. The van der Waals surface area contributed by atoms with Gasteiger partial charge in [0.25, 0.3) is 5.91 Å². The lowest BCUT2D eigenvalue weighted by Gasteiger charge is -2.18. The molecule has 2 aromatic rings. The molecule has 0 aliphatic heterocycles. The second-order valence-electron chi connectivity index (χ2n) is 5.14. The third-order valence-electron chi connectivity index (χ3n) is 3.43. The molecule has 0 atom stereocenters. The first kappa shape index (κ1) is 18.9. The molecule has 24 heavy (non-hydrogen) atoms. The summed E-state index contributed by atoms with van der Waals surface area (Å²) in [6, 6.07) is 11.6. The van der Waals surface area contributed by atoms with E-state index < -0.39 is 10.0 Å². The van der Waals surface area contributed by atoms with Gasteiger partial charge in [0.1, 0.15) is 0 Å². The van der Waals surface area contributed by atoms with Crippen LogP contribution in [0.5, 0.6) is 0 Å². The maximum absolute atomic E-state index is 12.6. The number of halogens is 2. The van der Waals surface area contributed by atoms with Gasteiger partial charge in [-0.15, -0.1) is 0 Å². The molecule has 0 spiro atoms. The lowest BCUT2D eigenvalue weighted by molar-refractivity contribution is 0.0785. The van der Waals surface area contributed by atoms with Crippen LogP contribution in [-0.2, 0) is 16.6 Å². The molecule has 2 rings (SSSR count). The van der Waals surface area contributed by atoms with E-state index >= 15 is 0 Å². The van der Waals surface area contributed by atoms with Gasteiger partial charge in [-0.1, -0.05) is 39.7 Å². The van der Waals surface area contributed by atoms with Crippen LogP contribution >= 0.6 is 27.5 Å². The summed E-state index contributed by atoms with van der Waals surface area (Å²) in [7, 11) is -0.695. The summed E-state index contributed by atoms with van der Waals surface area (Å²) in [5.74, 6) is -0.351. The molecule has 0 aliphatic carbocycles. The maximum Gasteiger partial charge on any atom is 0.255 e. The molecule has 1 amide bonds. The standard InChI is InChI=1S/C16H16BrClN2O3S/c1-19-24(22,23)13-7-8-15(18)14(9-13)16(21)20(2)10-11-3-5-12(17)6-4-11/h3-9,19H,10H2,1-2H3. The van der Waals surface area contributed by atoms with Crippen molar-refractivity contribution in [3.05, 3.63) is 63.1 Å². The number of benzene rings is 2. The van der Waals surface area contributed by atoms with Gasteiger partial charge in [0, 0.05) is 18.1 Å². The van der Waals surface area contributed by atoms with Crippen molar-refractivity contribution in [3.8, 4) is 0 Å². The molecular weight excluding hydrogens is 416 g/mol. The Labute approximate surface area is 154 Å². The number of hydrogen-bond acceptors (Lipinski definition) is 3. The predicted octanol–water partition coefficient (Wildman–Crippen LogP) is 3.28. The summed E-state index contributed by atoms with van der Waals surface area (Å²) in [6.07, 6.45) is 0. The second-order valence-corrected chi connectivity index (χ2v) is 8.35. The van der Waals surface area contributed by atoms with Gasteiger partial charge in [-0.3, -0.25) is 4.79 Å². The van der Waals surface area contributed by atoms with Crippen LogP contribution in [-0.4, -0.2) is 33.3 Å². The third-order valence-corrected chi connectivity index (χ3v) is 5.70. The number of nitrogens with one attached hydrogen (secondary N) is 1. The van der Waals surface area contributed by atoms with E-state index in [1.165, 1.54) is 30.1 Å². The Morgan fingerprint density at radius 1 is 1.21 bits per heavy atom. The fourth-order valence-electron chi connectivity index (χ4n) is 2.09. The Kier molecular flexibility index (Phi) is 6.03. The van der Waals surface area contributed by atoms with Crippen molar-refractivity contribution in [1.29, 1.82) is 0 Å². The van der Waals surface area contributed by atoms with Gasteiger partial charge < -0.3 is 4.90 Å². The molecular formula is C16H16BrClN2O3S. The average Bonchev–Trinajstić information content (AvgIpc) is 2.56. The van der Waals surface area contributed by atoms with Gasteiger partial charge in [-0.05, 0) is 42.9 Å². The first-order valence-corrected chi connectivity index (χ1v) is 9.63. The minimum atomic E-state index is -3.64. The quantitative estimate of drug-likeness (QED) is 0.790. The van der Waals surface area contributed by atoms with Crippen LogP contribution in [0.2, 0.25) is 5.02 Å². The zero-order valence-electron chi connectivity index (χ0n) is 13.1. The molecule has 0 aliphatic rings. The number of amides is 1. The molecule has 0 saturated heterocycles. The number of carbonyl (C=O) groups is 1. The van der Waals surface area contributed by atoms with Crippen molar-refractivity contribution in [2.75, 3.05) is 14.1 Å². The van der Waals surface area contributed by atoms with Gasteiger partial charge in [0.05, 0.1) is 15.5 Å². The smallest absolute Gasteiger partial charge is 0.255 e. The topological polar surface area (TPSA) is 66.5 Å². The van der Waals surface area contributed by atoms with Crippen molar-refractivity contribution in [3.63, 3.8) is 0 Å². The second kappa shape index (κ2) is 7.65.